The van der Waals surface area contributed by atoms with Gasteiger partial charge in [-0.25, -0.2) is 0 Å². The number of nitrogens with one attached hydrogen (secondary N) is 2. The van der Waals surface area contributed by atoms with E-state index < -0.39 is 0 Å². The van der Waals surface area contributed by atoms with Gasteiger partial charge in [0.2, 0.25) is 0 Å². The molecule has 18 heavy (non-hydrogen) atoms. The van der Waals surface area contributed by atoms with E-state index >= 15 is 0 Å². The number of rotatable bonds is 2. The molecule has 0 aliphatic carbocycles. The topological polar surface area (TPSA) is 56.3 Å². The monoisotopic (exact) mass is 265 g/mol. The molecular formula is C12H19N5S. The van der Waals surface area contributed by atoms with Crippen LogP contribution >= 0.6 is 12.2 Å². The maximum absolute atomic E-state index is 5.33. The van der Waals surface area contributed by atoms with Gasteiger partial charge in [0.1, 0.15) is 5.69 Å². The minimum Gasteiger partial charge on any atom is -0.348 e. The molecule has 6 heteroatoms. The second kappa shape index (κ2) is 6.49. The van der Waals surface area contributed by atoms with Crippen molar-refractivity contribution < 1.29 is 0 Å². The Morgan fingerprint density at radius 1 is 1.44 bits per heavy atom. The highest BCUT2D eigenvalue weighted by Gasteiger charge is 2.11. The normalized spacial score (nSPS) is 16.8. The van der Waals surface area contributed by atoms with Crippen molar-refractivity contribution in [3.05, 3.63) is 17.5 Å². The van der Waals surface area contributed by atoms with Crippen molar-refractivity contribution in [3.63, 3.8) is 0 Å². The summed E-state index contributed by atoms with van der Waals surface area (Å²) in [6.45, 7) is 4.02. The third kappa shape index (κ3) is 3.80. The second-order valence-corrected chi connectivity index (χ2v) is 4.94. The molecule has 1 aliphatic rings. The van der Waals surface area contributed by atoms with Gasteiger partial charge in [0, 0.05) is 18.8 Å². The van der Waals surface area contributed by atoms with Gasteiger partial charge in [-0.05, 0) is 38.0 Å². The van der Waals surface area contributed by atoms with E-state index in [1.165, 1.54) is 25.7 Å². The second-order valence-electron chi connectivity index (χ2n) is 4.55. The first-order valence-corrected chi connectivity index (χ1v) is 6.76. The molecule has 0 aromatic carbocycles. The molecule has 1 fully saturated rings. The molecule has 0 saturated carbocycles. The van der Waals surface area contributed by atoms with E-state index in [0.29, 0.717) is 5.11 Å². The number of nitrogens with zero attached hydrogens (tertiary/aromatic N) is 3. The van der Waals surface area contributed by atoms with Gasteiger partial charge in [0.15, 0.2) is 5.11 Å². The van der Waals surface area contributed by atoms with E-state index in [9.17, 15) is 0 Å². The van der Waals surface area contributed by atoms with E-state index in [2.05, 4.69) is 25.6 Å². The molecule has 0 amide bonds. The molecule has 2 rings (SSSR count). The largest absolute Gasteiger partial charge is 0.348 e. The number of H-pyrrole nitrogens is 1. The van der Waals surface area contributed by atoms with Crippen LogP contribution < -0.4 is 5.43 Å². The molecule has 5 nitrogen and oxygen atoms in total. The lowest BCUT2D eigenvalue weighted by Crippen LogP contribution is -2.38. The first kappa shape index (κ1) is 13.0. The highest BCUT2D eigenvalue weighted by atomic mass is 32.1. The van der Waals surface area contributed by atoms with Crippen LogP contribution in [0.5, 0.6) is 0 Å². The third-order valence-electron chi connectivity index (χ3n) is 2.98. The molecule has 2 heterocycles. The fourth-order valence-corrected chi connectivity index (χ4v) is 2.24. The Hall–Kier alpha value is -1.43. The number of aryl methyl sites for hydroxylation is 1. The van der Waals surface area contributed by atoms with Crippen LogP contribution in [0.25, 0.3) is 0 Å². The van der Waals surface area contributed by atoms with Crippen molar-refractivity contribution in [2.45, 2.75) is 32.6 Å². The van der Waals surface area contributed by atoms with Crippen molar-refractivity contribution in [3.8, 4) is 0 Å². The molecule has 1 aliphatic heterocycles. The first-order chi connectivity index (χ1) is 8.75. The van der Waals surface area contributed by atoms with Gasteiger partial charge in [-0.3, -0.25) is 10.5 Å². The molecule has 1 saturated heterocycles. The van der Waals surface area contributed by atoms with Gasteiger partial charge in [0.25, 0.3) is 0 Å². The van der Waals surface area contributed by atoms with Gasteiger partial charge in [-0.1, -0.05) is 12.8 Å². The Kier molecular flexibility index (Phi) is 4.69. The molecule has 0 spiro atoms. The minimum absolute atomic E-state index is 0.709. The fraction of sp³-hybridized carbons (Fsp3) is 0.583. The van der Waals surface area contributed by atoms with Crippen molar-refractivity contribution in [1.29, 1.82) is 0 Å². The van der Waals surface area contributed by atoms with Crippen LogP contribution in [-0.4, -0.2) is 39.5 Å². The van der Waals surface area contributed by atoms with Crippen LogP contribution in [-0.2, 0) is 0 Å². The summed E-state index contributed by atoms with van der Waals surface area (Å²) < 4.78 is 0. The summed E-state index contributed by atoms with van der Waals surface area (Å²) in [6.07, 6.45) is 6.70. The molecule has 0 radical (unpaired) electrons. The van der Waals surface area contributed by atoms with Gasteiger partial charge >= 0.3 is 0 Å². The number of likely N-dealkylation sites (tertiary alicyclic amines) is 1. The van der Waals surface area contributed by atoms with Crippen LogP contribution in [0.1, 0.15) is 37.1 Å². The molecule has 0 unspecified atom stereocenters. The summed E-state index contributed by atoms with van der Waals surface area (Å²) in [6, 6.07) is 1.93. The fourth-order valence-electron chi connectivity index (χ4n) is 2.00. The van der Waals surface area contributed by atoms with E-state index in [-0.39, 0.29) is 0 Å². The van der Waals surface area contributed by atoms with E-state index in [0.717, 1.165) is 24.5 Å². The Morgan fingerprint density at radius 3 is 2.78 bits per heavy atom. The van der Waals surface area contributed by atoms with E-state index in [1.807, 2.05) is 13.0 Å². The van der Waals surface area contributed by atoms with Gasteiger partial charge in [0.05, 0.1) is 6.21 Å². The zero-order valence-corrected chi connectivity index (χ0v) is 11.5. The predicted octanol–water partition coefficient (Wildman–Crippen LogP) is 1.80. The average molecular weight is 265 g/mol. The van der Waals surface area contributed by atoms with Crippen molar-refractivity contribution in [1.82, 2.24) is 20.5 Å². The molecule has 0 bridgehead atoms. The highest BCUT2D eigenvalue weighted by molar-refractivity contribution is 7.80. The Labute approximate surface area is 113 Å². The summed E-state index contributed by atoms with van der Waals surface area (Å²) in [4.78, 5) is 2.19. The number of hydrogen-bond acceptors (Lipinski definition) is 3. The quantitative estimate of drug-likeness (QED) is 0.486. The molecule has 2 N–H and O–H groups in total. The summed E-state index contributed by atoms with van der Waals surface area (Å²) in [5.41, 5.74) is 4.74. The first-order valence-electron chi connectivity index (χ1n) is 6.36. The third-order valence-corrected chi connectivity index (χ3v) is 3.33. The molecule has 1 aromatic rings. The smallest absolute Gasteiger partial charge is 0.189 e. The summed E-state index contributed by atoms with van der Waals surface area (Å²) in [5.74, 6) is 0. The Balaban J connectivity index is 1.81. The number of aromatic nitrogens is 2. The van der Waals surface area contributed by atoms with E-state index in [1.54, 1.807) is 6.21 Å². The zero-order chi connectivity index (χ0) is 12.8. The standard InChI is InChI=1S/C12H19N5S/c1-10-8-11(15-14-10)9-13-16-12(18)17-6-4-2-3-5-7-17/h8-9H,2-7H2,1H3,(H,14,15)(H,16,18)/b13-9-. The summed E-state index contributed by atoms with van der Waals surface area (Å²) in [7, 11) is 0. The molecule has 1 aromatic heterocycles. The Bertz CT molecular complexity index is 418. The average Bonchev–Trinajstić information content (AvgIpc) is 2.63. The lowest BCUT2D eigenvalue weighted by Gasteiger charge is -2.21. The highest BCUT2D eigenvalue weighted by Crippen LogP contribution is 2.09. The minimum atomic E-state index is 0.709. The van der Waals surface area contributed by atoms with E-state index in [4.69, 9.17) is 12.2 Å². The molecular weight excluding hydrogens is 246 g/mol. The van der Waals surface area contributed by atoms with Crippen LogP contribution in [0.15, 0.2) is 11.2 Å². The van der Waals surface area contributed by atoms with Gasteiger partial charge < -0.3 is 4.90 Å². The maximum Gasteiger partial charge on any atom is 0.189 e. The number of hydrogen-bond donors (Lipinski definition) is 2. The number of thiocarbonyl (C=S) groups is 1. The zero-order valence-electron chi connectivity index (χ0n) is 10.6. The predicted molar refractivity (Wildman–Crippen MR) is 76.7 cm³/mol. The lowest BCUT2D eigenvalue weighted by atomic mass is 10.2. The SMILES string of the molecule is Cc1cc(/C=N\NC(=S)N2CCCCCC2)n[nH]1. The maximum atomic E-state index is 5.33. The van der Waals surface area contributed by atoms with Gasteiger partial charge in [-0.15, -0.1) is 0 Å². The van der Waals surface area contributed by atoms with Crippen LogP contribution in [0.4, 0.5) is 0 Å². The van der Waals surface area contributed by atoms with Crippen LogP contribution in [0, 0.1) is 6.92 Å². The van der Waals surface area contributed by atoms with Crippen molar-refractivity contribution in [2.75, 3.05) is 13.1 Å². The van der Waals surface area contributed by atoms with Crippen molar-refractivity contribution in [2.24, 2.45) is 5.10 Å². The van der Waals surface area contributed by atoms with Crippen LogP contribution in [0.2, 0.25) is 0 Å². The lowest BCUT2D eigenvalue weighted by molar-refractivity contribution is 0.428. The number of hydrazone groups is 1. The number of aromatic amines is 1. The van der Waals surface area contributed by atoms with Crippen molar-refractivity contribution >= 4 is 23.5 Å². The summed E-state index contributed by atoms with van der Waals surface area (Å²) in [5, 5.41) is 11.8. The summed E-state index contributed by atoms with van der Waals surface area (Å²) >= 11 is 5.33. The van der Waals surface area contributed by atoms with Gasteiger partial charge in [-0.2, -0.15) is 10.2 Å². The Morgan fingerprint density at radius 2 is 2.17 bits per heavy atom. The van der Waals surface area contributed by atoms with Crippen LogP contribution in [0.3, 0.4) is 0 Å². The molecule has 0 atom stereocenters. The molecule has 98 valence electrons.